The molecule has 2 heterocycles. The predicted molar refractivity (Wildman–Crippen MR) is 134 cm³/mol. The zero-order valence-electron chi connectivity index (χ0n) is 19.3. The number of nitrogens with two attached hydrogens (primary N) is 2. The average molecular weight is 471 g/mol. The van der Waals surface area contributed by atoms with Crippen molar-refractivity contribution in [3.05, 3.63) is 101 Å². The van der Waals surface area contributed by atoms with Gasteiger partial charge in [0.2, 0.25) is 0 Å². The first-order valence-electron chi connectivity index (χ1n) is 11.3. The summed E-state index contributed by atoms with van der Waals surface area (Å²) in [5.41, 5.74) is 15.0. The molecule has 0 amide bonds. The van der Waals surface area contributed by atoms with Crippen LogP contribution in [-0.4, -0.2) is 19.7 Å². The summed E-state index contributed by atoms with van der Waals surface area (Å²) in [4.78, 5) is 9.29. The zero-order chi connectivity index (χ0) is 24.7. The number of rotatable bonds is 5. The van der Waals surface area contributed by atoms with Gasteiger partial charge in [0.25, 0.3) is 0 Å². The Morgan fingerprint density at radius 1 is 0.914 bits per heavy atom. The first kappa shape index (κ1) is 22.5. The monoisotopic (exact) mass is 470 g/mol. The average Bonchev–Trinajstić information content (AvgIpc) is 3.21. The molecule has 4 N–H and O–H groups in total. The second-order valence-electron chi connectivity index (χ2n) is 8.45. The maximum absolute atomic E-state index is 15.3. The van der Waals surface area contributed by atoms with Gasteiger partial charge in [-0.25, -0.2) is 18.7 Å². The first-order chi connectivity index (χ1) is 16.9. The van der Waals surface area contributed by atoms with E-state index in [1.54, 1.807) is 49.5 Å². The molecule has 0 radical (unpaired) electrons. The number of hydrogen-bond acceptors (Lipinski definition) is 5. The van der Waals surface area contributed by atoms with Gasteiger partial charge in [-0.2, -0.15) is 5.10 Å². The molecular weight excluding hydrogens is 446 g/mol. The second-order valence-corrected chi connectivity index (χ2v) is 8.45. The number of anilines is 2. The highest BCUT2D eigenvalue weighted by atomic mass is 19.1. The van der Waals surface area contributed by atoms with Gasteiger partial charge in [-0.3, -0.25) is 4.68 Å². The minimum atomic E-state index is -0.743. The lowest BCUT2D eigenvalue weighted by atomic mass is 9.91. The van der Waals surface area contributed by atoms with Crippen LogP contribution < -0.4 is 11.5 Å². The topological polar surface area (TPSA) is 95.6 Å². The zero-order valence-corrected chi connectivity index (χ0v) is 19.3. The number of benzene rings is 3. The summed E-state index contributed by atoms with van der Waals surface area (Å²) in [6.45, 7) is 2.00. The van der Waals surface area contributed by atoms with E-state index in [0.29, 0.717) is 28.6 Å². The fraction of sp³-hybridized carbons (Fsp3) is 0.148. The van der Waals surface area contributed by atoms with Crippen LogP contribution in [-0.2, 0) is 13.5 Å². The number of aromatic nitrogens is 4. The molecule has 0 fully saturated rings. The third-order valence-corrected chi connectivity index (χ3v) is 6.15. The minimum absolute atomic E-state index is 0.204. The van der Waals surface area contributed by atoms with Gasteiger partial charge in [0.05, 0.1) is 17.2 Å². The molecule has 1 atom stereocenters. The molecule has 0 saturated heterocycles. The number of aryl methyl sites for hydroxylation is 2. The van der Waals surface area contributed by atoms with Gasteiger partial charge >= 0.3 is 0 Å². The molecule has 3 aromatic carbocycles. The van der Waals surface area contributed by atoms with Gasteiger partial charge in [-0.15, -0.1) is 0 Å². The molecule has 5 aromatic rings. The third kappa shape index (κ3) is 4.07. The molecular formula is C27H24F2N6. The SMILES string of the molecule is CCc1ccc(F)c(C(c2cc3cc(N)ccc3c(N)n2)c2nc(-c3ccccc3F)nn2C)c1. The second kappa shape index (κ2) is 8.79. The predicted octanol–water partition coefficient (Wildman–Crippen LogP) is 5.22. The lowest BCUT2D eigenvalue weighted by molar-refractivity contribution is 0.591. The largest absolute Gasteiger partial charge is 0.399 e. The van der Waals surface area contributed by atoms with E-state index in [2.05, 4.69) is 15.1 Å². The van der Waals surface area contributed by atoms with E-state index in [1.807, 2.05) is 19.1 Å². The van der Waals surface area contributed by atoms with Gasteiger partial charge in [0.15, 0.2) is 5.82 Å². The Bertz CT molecular complexity index is 1560. The van der Waals surface area contributed by atoms with Crippen molar-refractivity contribution in [1.29, 1.82) is 0 Å². The number of hydrogen-bond donors (Lipinski definition) is 2. The van der Waals surface area contributed by atoms with E-state index in [4.69, 9.17) is 11.5 Å². The highest BCUT2D eigenvalue weighted by Crippen LogP contribution is 2.36. The number of halogens is 2. The third-order valence-electron chi connectivity index (χ3n) is 6.15. The van der Waals surface area contributed by atoms with E-state index in [1.165, 1.54) is 16.8 Å². The quantitative estimate of drug-likeness (QED) is 0.344. The number of pyridine rings is 1. The summed E-state index contributed by atoms with van der Waals surface area (Å²) in [6, 6.07) is 18.5. The van der Waals surface area contributed by atoms with Gasteiger partial charge in [-0.05, 0) is 59.8 Å². The van der Waals surface area contributed by atoms with Crippen molar-refractivity contribution in [2.45, 2.75) is 19.3 Å². The Hall–Kier alpha value is -4.33. The molecule has 0 aliphatic rings. The molecule has 0 aliphatic carbocycles. The summed E-state index contributed by atoms with van der Waals surface area (Å²) in [7, 11) is 1.70. The molecule has 6 nitrogen and oxygen atoms in total. The normalized spacial score (nSPS) is 12.2. The molecule has 8 heteroatoms. The standard InChI is InChI=1S/C27H24F2N6/c1-3-15-8-11-22(29)20(12-15)24(23-14-16-13-17(30)9-10-18(16)25(31)32-23)27-33-26(34-35(27)2)19-6-4-5-7-21(19)28/h4-14,24H,3,30H2,1-2H3,(H2,31,32). The summed E-state index contributed by atoms with van der Waals surface area (Å²) >= 11 is 0. The van der Waals surface area contributed by atoms with Crippen molar-refractivity contribution < 1.29 is 8.78 Å². The highest BCUT2D eigenvalue weighted by Gasteiger charge is 2.28. The van der Waals surface area contributed by atoms with E-state index in [0.717, 1.165) is 22.8 Å². The number of nitrogen functional groups attached to an aromatic ring is 2. The Balaban J connectivity index is 1.77. The van der Waals surface area contributed by atoms with Gasteiger partial charge < -0.3 is 11.5 Å². The Morgan fingerprint density at radius 2 is 1.71 bits per heavy atom. The molecule has 5 rings (SSSR count). The van der Waals surface area contributed by atoms with Crippen molar-refractivity contribution in [2.75, 3.05) is 11.5 Å². The molecule has 2 aromatic heterocycles. The fourth-order valence-electron chi connectivity index (χ4n) is 4.34. The van der Waals surface area contributed by atoms with Crippen LogP contribution in [0.4, 0.5) is 20.3 Å². The minimum Gasteiger partial charge on any atom is -0.399 e. The van der Waals surface area contributed by atoms with Crippen molar-refractivity contribution in [3.8, 4) is 11.4 Å². The van der Waals surface area contributed by atoms with E-state index >= 15 is 4.39 Å². The van der Waals surface area contributed by atoms with Crippen molar-refractivity contribution >= 4 is 22.3 Å². The van der Waals surface area contributed by atoms with Crippen LogP contribution in [0.3, 0.4) is 0 Å². The highest BCUT2D eigenvalue weighted by molar-refractivity contribution is 5.93. The summed E-state index contributed by atoms with van der Waals surface area (Å²) in [5.74, 6) is -0.681. The van der Waals surface area contributed by atoms with Crippen LogP contribution in [0, 0.1) is 11.6 Å². The molecule has 0 aliphatic heterocycles. The molecule has 0 saturated carbocycles. The molecule has 1 unspecified atom stereocenters. The summed E-state index contributed by atoms with van der Waals surface area (Å²) < 4.78 is 31.4. The van der Waals surface area contributed by atoms with Gasteiger partial charge in [0, 0.05) is 23.7 Å². The van der Waals surface area contributed by atoms with Crippen LogP contribution in [0.25, 0.3) is 22.2 Å². The summed E-state index contributed by atoms with van der Waals surface area (Å²) in [5, 5.41) is 5.97. The molecule has 0 spiro atoms. The van der Waals surface area contributed by atoms with Crippen LogP contribution >= 0.6 is 0 Å². The van der Waals surface area contributed by atoms with E-state index in [-0.39, 0.29) is 11.4 Å². The van der Waals surface area contributed by atoms with Crippen LogP contribution in [0.5, 0.6) is 0 Å². The Labute approximate surface area is 201 Å². The van der Waals surface area contributed by atoms with Crippen LogP contribution in [0.15, 0.2) is 66.7 Å². The lowest BCUT2D eigenvalue weighted by Gasteiger charge is -2.19. The maximum atomic E-state index is 15.3. The van der Waals surface area contributed by atoms with Crippen molar-refractivity contribution in [3.63, 3.8) is 0 Å². The van der Waals surface area contributed by atoms with E-state index < -0.39 is 17.6 Å². The van der Waals surface area contributed by atoms with Crippen LogP contribution in [0.1, 0.15) is 35.5 Å². The number of fused-ring (bicyclic) bond motifs is 1. The Morgan fingerprint density at radius 3 is 2.49 bits per heavy atom. The lowest BCUT2D eigenvalue weighted by Crippen LogP contribution is -2.14. The number of nitrogens with zero attached hydrogens (tertiary/aromatic N) is 4. The fourth-order valence-corrected chi connectivity index (χ4v) is 4.34. The van der Waals surface area contributed by atoms with Gasteiger partial charge in [-0.1, -0.05) is 31.2 Å². The first-order valence-corrected chi connectivity index (χ1v) is 11.3. The van der Waals surface area contributed by atoms with Crippen LogP contribution in [0.2, 0.25) is 0 Å². The Kier molecular flexibility index (Phi) is 5.64. The summed E-state index contributed by atoms with van der Waals surface area (Å²) in [6.07, 6.45) is 0.725. The smallest absolute Gasteiger partial charge is 0.184 e. The van der Waals surface area contributed by atoms with Gasteiger partial charge in [0.1, 0.15) is 23.3 Å². The molecule has 176 valence electrons. The van der Waals surface area contributed by atoms with Crippen molar-refractivity contribution in [1.82, 2.24) is 19.7 Å². The molecule has 35 heavy (non-hydrogen) atoms. The van der Waals surface area contributed by atoms with Crippen molar-refractivity contribution in [2.24, 2.45) is 7.05 Å². The van der Waals surface area contributed by atoms with E-state index in [9.17, 15) is 4.39 Å². The maximum Gasteiger partial charge on any atom is 0.184 e. The molecule has 0 bridgehead atoms.